The zero-order valence-electron chi connectivity index (χ0n) is 19.9. The van der Waals surface area contributed by atoms with E-state index in [2.05, 4.69) is 101 Å². The number of fused-ring (bicyclic) bond motifs is 2. The maximum atomic E-state index is 4.46. The largest absolute Gasteiger partial charge is 0.0958 e. The van der Waals surface area contributed by atoms with E-state index >= 15 is 0 Å². The van der Waals surface area contributed by atoms with Crippen molar-refractivity contribution in [2.75, 3.05) is 0 Å². The lowest BCUT2D eigenvalue weighted by Gasteiger charge is -2.37. The predicted octanol–water partition coefficient (Wildman–Crippen LogP) is 8.79. The second-order valence-electron chi connectivity index (χ2n) is 9.87. The van der Waals surface area contributed by atoms with Crippen LogP contribution in [-0.4, -0.2) is 0 Å². The van der Waals surface area contributed by atoms with Gasteiger partial charge in [0.1, 0.15) is 0 Å². The van der Waals surface area contributed by atoms with Gasteiger partial charge in [-0.15, -0.1) is 0 Å². The van der Waals surface area contributed by atoms with Crippen LogP contribution in [0.25, 0.3) is 10.8 Å². The van der Waals surface area contributed by atoms with Crippen LogP contribution in [0.15, 0.2) is 107 Å². The highest BCUT2D eigenvalue weighted by Crippen LogP contribution is 2.56. The summed E-state index contributed by atoms with van der Waals surface area (Å²) in [5.41, 5.74) is 11.7. The molecule has 5 rings (SSSR count). The molecule has 0 spiro atoms. The molecule has 0 bridgehead atoms. The summed E-state index contributed by atoms with van der Waals surface area (Å²) in [4.78, 5) is 0. The van der Waals surface area contributed by atoms with Crippen LogP contribution in [0.3, 0.4) is 0 Å². The van der Waals surface area contributed by atoms with Crippen LogP contribution in [-0.2, 0) is 6.42 Å². The minimum absolute atomic E-state index is 0.366. The highest BCUT2D eigenvalue weighted by molar-refractivity contribution is 5.88. The van der Waals surface area contributed by atoms with E-state index in [4.69, 9.17) is 0 Å². The summed E-state index contributed by atoms with van der Waals surface area (Å²) in [6, 6.07) is 13.6. The molecular formula is C32H34. The highest BCUT2D eigenvalue weighted by Gasteiger charge is 2.43. The summed E-state index contributed by atoms with van der Waals surface area (Å²) < 4.78 is 0. The molecule has 0 saturated heterocycles. The van der Waals surface area contributed by atoms with Gasteiger partial charge in [0.15, 0.2) is 0 Å². The summed E-state index contributed by atoms with van der Waals surface area (Å²) in [5, 5.41) is 2.76. The highest BCUT2D eigenvalue weighted by atomic mass is 14.5. The molecule has 1 saturated carbocycles. The van der Waals surface area contributed by atoms with Crippen molar-refractivity contribution in [3.05, 3.63) is 118 Å². The van der Waals surface area contributed by atoms with Gasteiger partial charge in [0.2, 0.25) is 0 Å². The van der Waals surface area contributed by atoms with Gasteiger partial charge in [0.25, 0.3) is 0 Å². The van der Waals surface area contributed by atoms with Gasteiger partial charge >= 0.3 is 0 Å². The first-order valence-corrected chi connectivity index (χ1v) is 12.1. The number of aryl methyl sites for hydroxylation is 1. The predicted molar refractivity (Wildman–Crippen MR) is 139 cm³/mol. The molecule has 3 aliphatic rings. The lowest BCUT2D eigenvalue weighted by atomic mass is 9.66. The van der Waals surface area contributed by atoms with Crippen molar-refractivity contribution in [1.29, 1.82) is 0 Å². The lowest BCUT2D eigenvalue weighted by molar-refractivity contribution is 0.449. The lowest BCUT2D eigenvalue weighted by Crippen LogP contribution is -2.25. The van der Waals surface area contributed by atoms with Gasteiger partial charge in [-0.25, -0.2) is 0 Å². The topological polar surface area (TPSA) is 0 Å². The standard InChI is InChI=1S/C32H34/c1-6-24-15-16-25-13-9-10-14-28(25)31(24)32-29(20(2)3)21(4)17-27-19-26(22(5)30(27)32)18-23-11-7-8-12-23/h7-11,13-18,22,30,32H,2,6,12,19H2,1,3-5H3/b26-18+. The van der Waals surface area contributed by atoms with Crippen molar-refractivity contribution in [3.63, 3.8) is 0 Å². The quantitative estimate of drug-likeness (QED) is 0.465. The second kappa shape index (κ2) is 8.24. The van der Waals surface area contributed by atoms with Gasteiger partial charge in [-0.1, -0.05) is 104 Å². The smallest absolute Gasteiger partial charge is 0.0175 e. The van der Waals surface area contributed by atoms with Gasteiger partial charge in [-0.3, -0.25) is 0 Å². The summed E-state index contributed by atoms with van der Waals surface area (Å²) >= 11 is 0. The number of allylic oxidation sites excluding steroid dienone is 11. The number of benzene rings is 2. The Labute approximate surface area is 193 Å². The first kappa shape index (κ1) is 21.0. The minimum Gasteiger partial charge on any atom is -0.0958 e. The van der Waals surface area contributed by atoms with E-state index in [0.29, 0.717) is 17.8 Å². The van der Waals surface area contributed by atoms with Crippen molar-refractivity contribution < 1.29 is 0 Å². The Morgan fingerprint density at radius 2 is 1.97 bits per heavy atom. The summed E-state index contributed by atoms with van der Waals surface area (Å²) in [5.74, 6) is 1.40. The monoisotopic (exact) mass is 418 g/mol. The summed E-state index contributed by atoms with van der Waals surface area (Å²) in [6.45, 7) is 13.7. The van der Waals surface area contributed by atoms with E-state index < -0.39 is 0 Å². The fraction of sp³-hybridized carbons (Fsp3) is 0.312. The SMILES string of the molecule is C=C(C)C1=C(C)C=C2C/C(=C\C3=CC=CC3)C(C)C2C1c1c(CC)ccc2ccccc12. The zero-order valence-corrected chi connectivity index (χ0v) is 19.9. The van der Waals surface area contributed by atoms with Gasteiger partial charge < -0.3 is 0 Å². The van der Waals surface area contributed by atoms with Crippen molar-refractivity contribution >= 4 is 10.8 Å². The van der Waals surface area contributed by atoms with Crippen LogP contribution in [0.1, 0.15) is 57.6 Å². The van der Waals surface area contributed by atoms with Gasteiger partial charge in [-0.2, -0.15) is 0 Å². The molecule has 0 heteroatoms. The first-order chi connectivity index (χ1) is 15.5. The van der Waals surface area contributed by atoms with E-state index in [0.717, 1.165) is 19.3 Å². The van der Waals surface area contributed by atoms with Crippen LogP contribution < -0.4 is 0 Å². The van der Waals surface area contributed by atoms with Gasteiger partial charge in [0, 0.05) is 5.92 Å². The van der Waals surface area contributed by atoms with Crippen LogP contribution in [0.2, 0.25) is 0 Å². The fourth-order valence-corrected chi connectivity index (χ4v) is 6.43. The molecule has 0 heterocycles. The Bertz CT molecular complexity index is 1250. The molecule has 0 amide bonds. The third-order valence-electron chi connectivity index (χ3n) is 7.84. The average molecular weight is 419 g/mol. The third-order valence-corrected chi connectivity index (χ3v) is 7.84. The third kappa shape index (κ3) is 3.37. The molecule has 0 nitrogen and oxygen atoms in total. The molecule has 0 N–H and O–H groups in total. The Kier molecular flexibility index (Phi) is 5.41. The van der Waals surface area contributed by atoms with Gasteiger partial charge in [-0.05, 0) is 83.6 Å². The van der Waals surface area contributed by atoms with Gasteiger partial charge in [0.05, 0.1) is 0 Å². The first-order valence-electron chi connectivity index (χ1n) is 12.1. The van der Waals surface area contributed by atoms with E-state index in [-0.39, 0.29) is 0 Å². The van der Waals surface area contributed by atoms with Crippen LogP contribution in [0, 0.1) is 11.8 Å². The minimum atomic E-state index is 0.366. The molecule has 3 unspecified atom stereocenters. The van der Waals surface area contributed by atoms with E-state index in [1.807, 2.05) is 0 Å². The van der Waals surface area contributed by atoms with Crippen molar-refractivity contribution in [2.45, 2.75) is 52.9 Å². The molecule has 0 aliphatic heterocycles. The molecule has 1 fully saturated rings. The molecule has 0 radical (unpaired) electrons. The summed E-state index contributed by atoms with van der Waals surface area (Å²) in [6.07, 6.45) is 14.9. The molecule has 2 aromatic carbocycles. The maximum absolute atomic E-state index is 4.46. The van der Waals surface area contributed by atoms with Crippen LogP contribution in [0.4, 0.5) is 0 Å². The second-order valence-corrected chi connectivity index (χ2v) is 9.87. The Morgan fingerprint density at radius 3 is 2.69 bits per heavy atom. The number of rotatable bonds is 4. The van der Waals surface area contributed by atoms with Crippen molar-refractivity contribution in [1.82, 2.24) is 0 Å². The summed E-state index contributed by atoms with van der Waals surface area (Å²) in [7, 11) is 0. The van der Waals surface area contributed by atoms with E-state index in [9.17, 15) is 0 Å². The van der Waals surface area contributed by atoms with Crippen LogP contribution >= 0.6 is 0 Å². The van der Waals surface area contributed by atoms with Crippen molar-refractivity contribution in [2.24, 2.45) is 11.8 Å². The van der Waals surface area contributed by atoms with E-state index in [1.165, 1.54) is 44.2 Å². The maximum Gasteiger partial charge on any atom is 0.0175 e. The molecule has 0 aromatic heterocycles. The molecule has 3 aliphatic carbocycles. The Balaban J connectivity index is 1.72. The number of hydrogen-bond donors (Lipinski definition) is 0. The number of hydrogen-bond acceptors (Lipinski definition) is 0. The Hall–Kier alpha value is -2.86. The molecule has 162 valence electrons. The van der Waals surface area contributed by atoms with E-state index in [1.54, 1.807) is 11.1 Å². The molecular weight excluding hydrogens is 384 g/mol. The molecule has 3 atom stereocenters. The molecule has 2 aromatic rings. The normalized spacial score (nSPS) is 26.0. The van der Waals surface area contributed by atoms with Crippen molar-refractivity contribution in [3.8, 4) is 0 Å². The fourth-order valence-electron chi connectivity index (χ4n) is 6.43. The molecule has 32 heavy (non-hydrogen) atoms. The zero-order chi connectivity index (χ0) is 22.4. The average Bonchev–Trinajstić information content (AvgIpc) is 3.40. The van der Waals surface area contributed by atoms with Crippen LogP contribution in [0.5, 0.6) is 0 Å². The Morgan fingerprint density at radius 1 is 1.16 bits per heavy atom.